The first-order valence-electron chi connectivity index (χ1n) is 10.9. The minimum Gasteiger partial charge on any atom is -0.497 e. The summed E-state index contributed by atoms with van der Waals surface area (Å²) in [6.07, 6.45) is 1.18. The van der Waals surface area contributed by atoms with Crippen molar-refractivity contribution in [1.82, 2.24) is 10.2 Å². The van der Waals surface area contributed by atoms with Gasteiger partial charge >= 0.3 is 0 Å². The normalized spacial score (nSPS) is 15.5. The number of methoxy groups -OCH3 is 1. The van der Waals surface area contributed by atoms with E-state index in [1.165, 1.54) is 16.3 Å². The van der Waals surface area contributed by atoms with Gasteiger partial charge in [0.05, 0.1) is 26.4 Å². The molecule has 5 nitrogen and oxygen atoms in total. The summed E-state index contributed by atoms with van der Waals surface area (Å²) in [4.78, 5) is 15.1. The molecule has 3 aromatic carbocycles. The van der Waals surface area contributed by atoms with E-state index in [1.54, 1.807) is 7.11 Å². The maximum absolute atomic E-state index is 12.6. The second kappa shape index (κ2) is 10.4. The number of carbonyl (C=O) groups excluding carboxylic acids is 1. The molecule has 1 fully saturated rings. The summed E-state index contributed by atoms with van der Waals surface area (Å²) < 4.78 is 10.8. The highest BCUT2D eigenvalue weighted by atomic mass is 16.5. The number of hydrogen-bond donors (Lipinski definition) is 1. The van der Waals surface area contributed by atoms with Crippen molar-refractivity contribution in [2.45, 2.75) is 18.9 Å². The average molecular weight is 419 g/mol. The van der Waals surface area contributed by atoms with Crippen LogP contribution in [0.15, 0.2) is 66.7 Å². The summed E-state index contributed by atoms with van der Waals surface area (Å²) in [7, 11) is 1.66. The number of morpholine rings is 1. The summed E-state index contributed by atoms with van der Waals surface area (Å²) >= 11 is 0. The van der Waals surface area contributed by atoms with Crippen molar-refractivity contribution in [2.75, 3.05) is 40.0 Å². The maximum Gasteiger partial charge on any atom is 0.220 e. The molecule has 5 heteroatoms. The van der Waals surface area contributed by atoms with Crippen LogP contribution in [0.3, 0.4) is 0 Å². The van der Waals surface area contributed by atoms with Gasteiger partial charge < -0.3 is 14.8 Å². The minimum atomic E-state index is 0.0781. The van der Waals surface area contributed by atoms with Crippen LogP contribution in [0.25, 0.3) is 10.8 Å². The van der Waals surface area contributed by atoms with Crippen LogP contribution < -0.4 is 10.1 Å². The monoisotopic (exact) mass is 418 g/mol. The van der Waals surface area contributed by atoms with Crippen LogP contribution in [-0.2, 0) is 16.0 Å². The van der Waals surface area contributed by atoms with Crippen molar-refractivity contribution < 1.29 is 14.3 Å². The minimum absolute atomic E-state index is 0.0781. The first kappa shape index (κ1) is 21.3. The van der Waals surface area contributed by atoms with Crippen molar-refractivity contribution in [3.05, 3.63) is 77.9 Å². The standard InChI is InChI=1S/C26H30N2O3/c1-30-22-12-9-20(10-13-22)11-14-26(29)27-19-25(28-15-17-31-18-16-28)24-8-4-6-21-5-2-3-7-23(21)24/h2-10,12-13,25H,11,14-19H2,1H3,(H,27,29). The smallest absolute Gasteiger partial charge is 0.220 e. The molecule has 31 heavy (non-hydrogen) atoms. The van der Waals surface area contributed by atoms with Gasteiger partial charge in [0.25, 0.3) is 0 Å². The summed E-state index contributed by atoms with van der Waals surface area (Å²) in [5, 5.41) is 5.66. The number of benzene rings is 3. The van der Waals surface area contributed by atoms with Gasteiger partial charge in [0.1, 0.15) is 5.75 Å². The van der Waals surface area contributed by atoms with E-state index in [0.717, 1.165) is 37.6 Å². The molecule has 0 spiro atoms. The maximum atomic E-state index is 12.6. The summed E-state index contributed by atoms with van der Waals surface area (Å²) in [5.41, 5.74) is 2.39. The molecule has 1 saturated heterocycles. The van der Waals surface area contributed by atoms with Gasteiger partial charge in [-0.3, -0.25) is 9.69 Å². The van der Waals surface area contributed by atoms with Gasteiger partial charge in [-0.2, -0.15) is 0 Å². The number of fused-ring (bicyclic) bond motifs is 1. The molecule has 0 aromatic heterocycles. The van der Waals surface area contributed by atoms with Crippen LogP contribution in [0.4, 0.5) is 0 Å². The van der Waals surface area contributed by atoms with Crippen LogP contribution in [0.1, 0.15) is 23.6 Å². The van der Waals surface area contributed by atoms with Crippen molar-refractivity contribution in [3.63, 3.8) is 0 Å². The van der Waals surface area contributed by atoms with Crippen LogP contribution in [-0.4, -0.2) is 50.8 Å². The summed E-state index contributed by atoms with van der Waals surface area (Å²) in [6.45, 7) is 3.79. The second-order valence-corrected chi connectivity index (χ2v) is 7.88. The number of nitrogens with one attached hydrogen (secondary N) is 1. The van der Waals surface area contributed by atoms with Crippen molar-refractivity contribution in [2.24, 2.45) is 0 Å². The lowest BCUT2D eigenvalue weighted by molar-refractivity contribution is -0.121. The molecule has 0 bridgehead atoms. The Morgan fingerprint density at radius 1 is 1.03 bits per heavy atom. The Morgan fingerprint density at radius 3 is 2.55 bits per heavy atom. The molecular formula is C26H30N2O3. The summed E-state index contributed by atoms with van der Waals surface area (Å²) in [6, 6.07) is 22.9. The third kappa shape index (κ3) is 5.43. The quantitative estimate of drug-likeness (QED) is 0.601. The molecule has 1 N–H and O–H groups in total. The molecule has 1 atom stereocenters. The number of rotatable bonds is 8. The van der Waals surface area contributed by atoms with Crippen molar-refractivity contribution in [1.29, 1.82) is 0 Å². The molecule has 1 unspecified atom stereocenters. The second-order valence-electron chi connectivity index (χ2n) is 7.88. The number of nitrogens with zero attached hydrogens (tertiary/aromatic N) is 1. The number of aryl methyl sites for hydroxylation is 1. The largest absolute Gasteiger partial charge is 0.497 e. The Hall–Kier alpha value is -2.89. The molecule has 1 aliphatic rings. The molecule has 3 aromatic rings. The van der Waals surface area contributed by atoms with Crippen LogP contribution in [0.2, 0.25) is 0 Å². The van der Waals surface area contributed by atoms with E-state index in [4.69, 9.17) is 9.47 Å². The highest BCUT2D eigenvalue weighted by Gasteiger charge is 2.24. The topological polar surface area (TPSA) is 50.8 Å². The van der Waals surface area contributed by atoms with Gasteiger partial charge in [-0.15, -0.1) is 0 Å². The van der Waals surface area contributed by atoms with Crippen LogP contribution >= 0.6 is 0 Å². The molecule has 162 valence electrons. The van der Waals surface area contributed by atoms with Gasteiger partial charge in [0, 0.05) is 26.1 Å². The zero-order chi connectivity index (χ0) is 21.5. The third-order valence-electron chi connectivity index (χ3n) is 5.96. The average Bonchev–Trinajstić information content (AvgIpc) is 2.84. The van der Waals surface area contributed by atoms with E-state index < -0.39 is 0 Å². The number of carbonyl (C=O) groups is 1. The number of ether oxygens (including phenoxy) is 2. The van der Waals surface area contributed by atoms with E-state index in [9.17, 15) is 4.79 Å². The van der Waals surface area contributed by atoms with Gasteiger partial charge in [-0.25, -0.2) is 0 Å². The molecule has 4 rings (SSSR count). The fourth-order valence-corrected chi connectivity index (χ4v) is 4.21. The lowest BCUT2D eigenvalue weighted by Crippen LogP contribution is -2.44. The highest BCUT2D eigenvalue weighted by molar-refractivity contribution is 5.86. The van der Waals surface area contributed by atoms with Crippen molar-refractivity contribution in [3.8, 4) is 5.75 Å². The molecule has 1 aliphatic heterocycles. The van der Waals surface area contributed by atoms with Gasteiger partial charge in [0.2, 0.25) is 5.91 Å². The third-order valence-corrected chi connectivity index (χ3v) is 5.96. The first-order valence-corrected chi connectivity index (χ1v) is 10.9. The Bertz CT molecular complexity index is 992. The Kier molecular flexibility index (Phi) is 7.18. The Morgan fingerprint density at radius 2 is 1.77 bits per heavy atom. The molecule has 1 heterocycles. The summed E-state index contributed by atoms with van der Waals surface area (Å²) in [5.74, 6) is 0.908. The van der Waals surface area contributed by atoms with Gasteiger partial charge in [0.15, 0.2) is 0 Å². The number of amides is 1. The first-order chi connectivity index (χ1) is 15.2. The molecule has 0 saturated carbocycles. The van der Waals surface area contributed by atoms with E-state index in [2.05, 4.69) is 52.7 Å². The van der Waals surface area contributed by atoms with Crippen molar-refractivity contribution >= 4 is 16.7 Å². The van der Waals surface area contributed by atoms with Gasteiger partial charge in [-0.1, -0.05) is 54.6 Å². The zero-order valence-corrected chi connectivity index (χ0v) is 18.0. The predicted octanol–water partition coefficient (Wildman–Crippen LogP) is 3.97. The fourth-order valence-electron chi connectivity index (χ4n) is 4.21. The fraction of sp³-hybridized carbons (Fsp3) is 0.346. The SMILES string of the molecule is COc1ccc(CCC(=O)NCC(c2cccc3ccccc23)N2CCOCC2)cc1. The van der Waals surface area contributed by atoms with Gasteiger partial charge in [-0.05, 0) is 40.5 Å². The van der Waals surface area contributed by atoms with Crippen LogP contribution in [0, 0.1) is 0 Å². The van der Waals surface area contributed by atoms with E-state index in [-0.39, 0.29) is 11.9 Å². The highest BCUT2D eigenvalue weighted by Crippen LogP contribution is 2.28. The molecular weight excluding hydrogens is 388 g/mol. The lowest BCUT2D eigenvalue weighted by atomic mass is 9.97. The van der Waals surface area contributed by atoms with E-state index in [0.29, 0.717) is 19.4 Å². The zero-order valence-electron chi connectivity index (χ0n) is 18.0. The Balaban J connectivity index is 1.44. The molecule has 0 radical (unpaired) electrons. The Labute approximate surface area is 184 Å². The molecule has 0 aliphatic carbocycles. The number of hydrogen-bond acceptors (Lipinski definition) is 4. The lowest BCUT2D eigenvalue weighted by Gasteiger charge is -2.35. The predicted molar refractivity (Wildman–Crippen MR) is 123 cm³/mol. The van der Waals surface area contributed by atoms with Crippen LogP contribution in [0.5, 0.6) is 5.75 Å². The van der Waals surface area contributed by atoms with E-state index in [1.807, 2.05) is 24.3 Å². The molecule has 1 amide bonds. The van der Waals surface area contributed by atoms with E-state index >= 15 is 0 Å².